The standard InChI is InChI=1S/C23H29N3O5/c1-3-29-20-15-17(22(28)25-18-9-8-12-24-23(18)30-4-2)10-11-19(20)31-16-21(27)26-13-6-5-7-14-26/h8-12,15H,3-7,13-14,16H2,1-2H3,(H,25,28). The molecule has 8 nitrogen and oxygen atoms in total. The first-order valence-electron chi connectivity index (χ1n) is 10.7. The Balaban J connectivity index is 1.69. The van der Waals surface area contributed by atoms with E-state index in [0.717, 1.165) is 32.4 Å². The van der Waals surface area contributed by atoms with Crippen LogP contribution >= 0.6 is 0 Å². The molecule has 0 atom stereocenters. The molecule has 0 aliphatic carbocycles. The van der Waals surface area contributed by atoms with Gasteiger partial charge in [-0.2, -0.15) is 0 Å². The monoisotopic (exact) mass is 427 g/mol. The zero-order valence-electron chi connectivity index (χ0n) is 18.1. The van der Waals surface area contributed by atoms with Crippen LogP contribution in [0, 0.1) is 0 Å². The van der Waals surface area contributed by atoms with Crippen LogP contribution in [-0.2, 0) is 4.79 Å². The summed E-state index contributed by atoms with van der Waals surface area (Å²) >= 11 is 0. The number of aromatic nitrogens is 1. The van der Waals surface area contributed by atoms with Gasteiger partial charge in [-0.05, 0) is 63.4 Å². The first kappa shape index (κ1) is 22.4. The van der Waals surface area contributed by atoms with Crippen LogP contribution in [0.5, 0.6) is 17.4 Å². The highest BCUT2D eigenvalue weighted by Crippen LogP contribution is 2.30. The third-order valence-electron chi connectivity index (χ3n) is 4.87. The van der Waals surface area contributed by atoms with Gasteiger partial charge in [-0.25, -0.2) is 4.98 Å². The molecule has 31 heavy (non-hydrogen) atoms. The van der Waals surface area contributed by atoms with E-state index in [1.165, 1.54) is 0 Å². The van der Waals surface area contributed by atoms with Crippen molar-refractivity contribution >= 4 is 17.5 Å². The Bertz CT molecular complexity index is 897. The predicted octanol–water partition coefficient (Wildman–Crippen LogP) is 3.52. The molecular formula is C23H29N3O5. The quantitative estimate of drug-likeness (QED) is 0.659. The van der Waals surface area contributed by atoms with Gasteiger partial charge in [0.25, 0.3) is 11.8 Å². The van der Waals surface area contributed by atoms with Crippen molar-refractivity contribution < 1.29 is 23.8 Å². The van der Waals surface area contributed by atoms with Crippen molar-refractivity contribution in [2.45, 2.75) is 33.1 Å². The van der Waals surface area contributed by atoms with Gasteiger partial charge >= 0.3 is 0 Å². The van der Waals surface area contributed by atoms with Gasteiger partial charge in [0, 0.05) is 24.8 Å². The maximum Gasteiger partial charge on any atom is 0.260 e. The maximum absolute atomic E-state index is 12.8. The molecule has 0 unspecified atom stereocenters. The Labute approximate surface area is 182 Å². The highest BCUT2D eigenvalue weighted by molar-refractivity contribution is 6.05. The summed E-state index contributed by atoms with van der Waals surface area (Å²) in [5, 5.41) is 2.81. The zero-order valence-corrected chi connectivity index (χ0v) is 18.1. The van der Waals surface area contributed by atoms with Crippen molar-refractivity contribution in [1.29, 1.82) is 0 Å². The zero-order chi connectivity index (χ0) is 22.1. The van der Waals surface area contributed by atoms with E-state index in [1.54, 1.807) is 36.5 Å². The van der Waals surface area contributed by atoms with Crippen molar-refractivity contribution in [2.24, 2.45) is 0 Å². The number of carbonyl (C=O) groups excluding carboxylic acids is 2. The number of benzene rings is 1. The molecular weight excluding hydrogens is 398 g/mol. The lowest BCUT2D eigenvalue weighted by Gasteiger charge is -2.26. The van der Waals surface area contributed by atoms with E-state index in [4.69, 9.17) is 14.2 Å². The van der Waals surface area contributed by atoms with E-state index in [-0.39, 0.29) is 18.4 Å². The lowest BCUT2D eigenvalue weighted by atomic mass is 10.1. The fourth-order valence-electron chi connectivity index (χ4n) is 3.34. The van der Waals surface area contributed by atoms with E-state index in [0.29, 0.717) is 41.8 Å². The molecule has 1 aliphatic heterocycles. The summed E-state index contributed by atoms with van der Waals surface area (Å²) in [5.74, 6) is 0.840. The van der Waals surface area contributed by atoms with Crippen LogP contribution in [0.3, 0.4) is 0 Å². The van der Waals surface area contributed by atoms with Gasteiger partial charge in [-0.3, -0.25) is 9.59 Å². The maximum atomic E-state index is 12.8. The number of amides is 2. The number of nitrogens with one attached hydrogen (secondary N) is 1. The minimum Gasteiger partial charge on any atom is -0.490 e. The number of nitrogens with zero attached hydrogens (tertiary/aromatic N) is 2. The van der Waals surface area contributed by atoms with Crippen molar-refractivity contribution in [3.05, 3.63) is 42.1 Å². The highest BCUT2D eigenvalue weighted by Gasteiger charge is 2.19. The average molecular weight is 428 g/mol. The van der Waals surface area contributed by atoms with Crippen molar-refractivity contribution in [3.8, 4) is 17.4 Å². The average Bonchev–Trinajstić information content (AvgIpc) is 2.80. The van der Waals surface area contributed by atoms with E-state index >= 15 is 0 Å². The van der Waals surface area contributed by atoms with E-state index in [9.17, 15) is 9.59 Å². The summed E-state index contributed by atoms with van der Waals surface area (Å²) < 4.78 is 16.8. The molecule has 0 bridgehead atoms. The molecule has 1 fully saturated rings. The van der Waals surface area contributed by atoms with Gasteiger partial charge < -0.3 is 24.4 Å². The van der Waals surface area contributed by atoms with Crippen molar-refractivity contribution in [3.63, 3.8) is 0 Å². The third kappa shape index (κ3) is 6.10. The number of hydrogen-bond donors (Lipinski definition) is 1. The Kier molecular flexibility index (Phi) is 8.09. The van der Waals surface area contributed by atoms with Gasteiger partial charge in [0.05, 0.1) is 13.2 Å². The summed E-state index contributed by atoms with van der Waals surface area (Å²) in [5.41, 5.74) is 0.879. The summed E-state index contributed by atoms with van der Waals surface area (Å²) in [4.78, 5) is 31.1. The summed E-state index contributed by atoms with van der Waals surface area (Å²) in [6.07, 6.45) is 4.82. The van der Waals surface area contributed by atoms with Crippen LogP contribution in [0.2, 0.25) is 0 Å². The SMILES string of the molecule is CCOc1cc(C(=O)Nc2cccnc2OCC)ccc1OCC(=O)N1CCCCC1. The summed E-state index contributed by atoms with van der Waals surface area (Å²) in [6.45, 7) is 6.03. The Morgan fingerprint density at radius 2 is 1.77 bits per heavy atom. The normalized spacial score (nSPS) is 13.4. The molecule has 1 saturated heterocycles. The molecule has 3 rings (SSSR count). The van der Waals surface area contributed by atoms with Gasteiger partial charge in [0.1, 0.15) is 5.69 Å². The van der Waals surface area contributed by atoms with Crippen molar-refractivity contribution in [1.82, 2.24) is 9.88 Å². The molecule has 8 heteroatoms. The molecule has 1 aromatic heterocycles. The number of carbonyl (C=O) groups is 2. The van der Waals surface area contributed by atoms with Crippen LogP contribution in [0.25, 0.3) is 0 Å². The number of ether oxygens (including phenoxy) is 3. The molecule has 0 spiro atoms. The molecule has 1 aromatic carbocycles. The topological polar surface area (TPSA) is 90.0 Å². The number of piperidine rings is 1. The predicted molar refractivity (Wildman–Crippen MR) is 117 cm³/mol. The van der Waals surface area contributed by atoms with Crippen LogP contribution in [-0.4, -0.2) is 54.6 Å². The number of anilines is 1. The fraction of sp³-hybridized carbons (Fsp3) is 0.435. The first-order chi connectivity index (χ1) is 15.1. The van der Waals surface area contributed by atoms with Crippen LogP contribution in [0.4, 0.5) is 5.69 Å². The third-order valence-corrected chi connectivity index (χ3v) is 4.87. The van der Waals surface area contributed by atoms with Crippen molar-refractivity contribution in [2.75, 3.05) is 38.2 Å². The lowest BCUT2D eigenvalue weighted by molar-refractivity contribution is -0.134. The fourth-order valence-corrected chi connectivity index (χ4v) is 3.34. The van der Waals surface area contributed by atoms with Gasteiger partial charge in [-0.15, -0.1) is 0 Å². The minimum absolute atomic E-state index is 0.0380. The Morgan fingerprint density at radius 3 is 2.52 bits per heavy atom. The Morgan fingerprint density at radius 1 is 1.00 bits per heavy atom. The van der Waals surface area contributed by atoms with Gasteiger partial charge in [0.2, 0.25) is 5.88 Å². The van der Waals surface area contributed by atoms with E-state index in [1.807, 2.05) is 18.7 Å². The van der Waals surface area contributed by atoms with E-state index < -0.39 is 0 Å². The number of pyridine rings is 1. The molecule has 0 radical (unpaired) electrons. The van der Waals surface area contributed by atoms with Crippen LogP contribution < -0.4 is 19.5 Å². The molecule has 2 heterocycles. The molecule has 2 aromatic rings. The summed E-state index contributed by atoms with van der Waals surface area (Å²) in [7, 11) is 0. The number of rotatable bonds is 9. The minimum atomic E-state index is -0.328. The molecule has 0 saturated carbocycles. The molecule has 1 aliphatic rings. The van der Waals surface area contributed by atoms with Gasteiger partial charge in [0.15, 0.2) is 18.1 Å². The second-order valence-corrected chi connectivity index (χ2v) is 7.07. The molecule has 166 valence electrons. The first-order valence-corrected chi connectivity index (χ1v) is 10.7. The van der Waals surface area contributed by atoms with Crippen LogP contribution in [0.1, 0.15) is 43.5 Å². The molecule has 1 N–H and O–H groups in total. The second-order valence-electron chi connectivity index (χ2n) is 7.07. The second kappa shape index (κ2) is 11.2. The smallest absolute Gasteiger partial charge is 0.260 e. The van der Waals surface area contributed by atoms with E-state index in [2.05, 4.69) is 10.3 Å². The lowest BCUT2D eigenvalue weighted by Crippen LogP contribution is -2.38. The van der Waals surface area contributed by atoms with Gasteiger partial charge in [-0.1, -0.05) is 0 Å². The summed E-state index contributed by atoms with van der Waals surface area (Å²) in [6, 6.07) is 8.34. The Hall–Kier alpha value is -3.29. The number of hydrogen-bond acceptors (Lipinski definition) is 6. The highest BCUT2D eigenvalue weighted by atomic mass is 16.5. The number of likely N-dealkylation sites (tertiary alicyclic amines) is 1. The van der Waals surface area contributed by atoms with Crippen LogP contribution in [0.15, 0.2) is 36.5 Å². The molecule has 2 amide bonds. The largest absolute Gasteiger partial charge is 0.490 e.